The molecule has 0 saturated carbocycles. The van der Waals surface area contributed by atoms with Crippen molar-refractivity contribution in [3.63, 3.8) is 0 Å². The first-order valence-electron chi connectivity index (χ1n) is 8.75. The monoisotopic (exact) mass is 348 g/mol. The number of ketones is 1. The van der Waals surface area contributed by atoms with Gasteiger partial charge >= 0.3 is 0 Å². The Morgan fingerprint density at radius 1 is 1.32 bits per heavy atom. The van der Waals surface area contributed by atoms with Crippen LogP contribution in [0.4, 0.5) is 0 Å². The van der Waals surface area contributed by atoms with Gasteiger partial charge in [-0.3, -0.25) is 9.59 Å². The maximum absolute atomic E-state index is 12.2. The number of carbonyl (C=O) groups excluding carboxylic acids is 2. The minimum absolute atomic E-state index is 0.0383. The molecule has 1 aromatic rings. The fourth-order valence-electron chi connectivity index (χ4n) is 2.81. The van der Waals surface area contributed by atoms with Crippen LogP contribution < -0.4 is 10.1 Å². The molecule has 0 radical (unpaired) electrons. The Hall–Kier alpha value is -1.95. The second kappa shape index (κ2) is 8.43. The van der Waals surface area contributed by atoms with Gasteiger partial charge in [-0.25, -0.2) is 4.98 Å². The van der Waals surface area contributed by atoms with E-state index in [1.807, 2.05) is 26.8 Å². The fourth-order valence-corrected chi connectivity index (χ4v) is 2.81. The Morgan fingerprint density at radius 3 is 2.68 bits per heavy atom. The average molecular weight is 348 g/mol. The second-order valence-electron chi connectivity index (χ2n) is 7.41. The van der Waals surface area contributed by atoms with E-state index in [4.69, 9.17) is 9.47 Å². The number of pyridine rings is 1. The molecule has 2 heterocycles. The third-order valence-electron chi connectivity index (χ3n) is 4.38. The number of aromatic nitrogens is 1. The van der Waals surface area contributed by atoms with Crippen LogP contribution in [-0.2, 0) is 14.3 Å². The SMILES string of the molecule is COc1ccc([C@H]2OCC[C@@H]2NC(=O)CCCC(=O)C(C)(C)C)cn1. The summed E-state index contributed by atoms with van der Waals surface area (Å²) in [4.78, 5) is 28.3. The van der Waals surface area contributed by atoms with Crippen molar-refractivity contribution in [3.05, 3.63) is 23.9 Å². The summed E-state index contributed by atoms with van der Waals surface area (Å²) in [5, 5.41) is 3.03. The van der Waals surface area contributed by atoms with Crippen LogP contribution in [0.1, 0.15) is 58.1 Å². The molecule has 0 aromatic carbocycles. The lowest BCUT2D eigenvalue weighted by Crippen LogP contribution is -2.36. The zero-order chi connectivity index (χ0) is 18.4. The van der Waals surface area contributed by atoms with Crippen molar-refractivity contribution in [3.8, 4) is 5.88 Å². The van der Waals surface area contributed by atoms with Gasteiger partial charge in [-0.05, 0) is 18.9 Å². The van der Waals surface area contributed by atoms with Crippen molar-refractivity contribution < 1.29 is 19.1 Å². The molecule has 2 atom stereocenters. The number of hydrogen-bond acceptors (Lipinski definition) is 5. The molecular formula is C19H28N2O4. The van der Waals surface area contributed by atoms with Crippen molar-refractivity contribution in [1.82, 2.24) is 10.3 Å². The molecule has 0 unspecified atom stereocenters. The number of Topliss-reactive ketones (excluding diaryl/α,β-unsaturated/α-hetero) is 1. The van der Waals surface area contributed by atoms with E-state index in [1.54, 1.807) is 19.4 Å². The van der Waals surface area contributed by atoms with E-state index in [9.17, 15) is 9.59 Å². The lowest BCUT2D eigenvalue weighted by Gasteiger charge is -2.20. The van der Waals surface area contributed by atoms with Gasteiger partial charge in [0.25, 0.3) is 0 Å². The van der Waals surface area contributed by atoms with Gasteiger partial charge in [0.1, 0.15) is 11.9 Å². The Bertz CT molecular complexity index is 592. The van der Waals surface area contributed by atoms with E-state index in [-0.39, 0.29) is 29.3 Å². The first-order valence-corrected chi connectivity index (χ1v) is 8.75. The number of nitrogens with zero attached hydrogens (tertiary/aromatic N) is 1. The van der Waals surface area contributed by atoms with Gasteiger partial charge in [0.2, 0.25) is 11.8 Å². The Balaban J connectivity index is 1.83. The van der Waals surface area contributed by atoms with Gasteiger partial charge in [0.05, 0.1) is 13.2 Å². The number of ether oxygens (including phenoxy) is 2. The van der Waals surface area contributed by atoms with Gasteiger partial charge in [0, 0.05) is 42.7 Å². The molecule has 1 fully saturated rings. The lowest BCUT2D eigenvalue weighted by molar-refractivity contribution is -0.126. The molecule has 1 aromatic heterocycles. The maximum Gasteiger partial charge on any atom is 0.220 e. The largest absolute Gasteiger partial charge is 0.481 e. The van der Waals surface area contributed by atoms with Crippen LogP contribution in [0.3, 0.4) is 0 Å². The van der Waals surface area contributed by atoms with Gasteiger partial charge in [-0.15, -0.1) is 0 Å². The number of carbonyl (C=O) groups is 2. The summed E-state index contributed by atoms with van der Waals surface area (Å²) in [6.45, 7) is 6.31. The third kappa shape index (κ3) is 5.53. The van der Waals surface area contributed by atoms with Crippen LogP contribution in [-0.4, -0.2) is 36.4 Å². The Kier molecular flexibility index (Phi) is 6.53. The van der Waals surface area contributed by atoms with Gasteiger partial charge < -0.3 is 14.8 Å². The van der Waals surface area contributed by atoms with Crippen LogP contribution in [0.2, 0.25) is 0 Å². The first-order chi connectivity index (χ1) is 11.8. The molecule has 0 aliphatic carbocycles. The molecule has 0 spiro atoms. The van der Waals surface area contributed by atoms with E-state index < -0.39 is 0 Å². The standard InChI is InChI=1S/C19H28N2O4/c1-19(2,3)15(22)6-5-7-16(23)21-14-10-11-25-18(14)13-8-9-17(24-4)20-12-13/h8-9,12,14,18H,5-7,10-11H2,1-4H3,(H,21,23)/t14-,18+/m0/s1. The molecule has 1 aliphatic rings. The molecule has 0 bridgehead atoms. The van der Waals surface area contributed by atoms with E-state index in [1.165, 1.54) is 0 Å². The molecule has 25 heavy (non-hydrogen) atoms. The summed E-state index contributed by atoms with van der Waals surface area (Å²) in [5.41, 5.74) is 0.578. The molecule has 138 valence electrons. The van der Waals surface area contributed by atoms with Crippen molar-refractivity contribution in [1.29, 1.82) is 0 Å². The van der Waals surface area contributed by atoms with E-state index in [0.29, 0.717) is 31.7 Å². The molecule has 1 amide bonds. The lowest BCUT2D eigenvalue weighted by atomic mass is 9.88. The molecule has 1 saturated heterocycles. The van der Waals surface area contributed by atoms with Crippen molar-refractivity contribution in [2.45, 2.75) is 58.6 Å². The number of hydrogen-bond donors (Lipinski definition) is 1. The molecule has 1 N–H and O–H groups in total. The molecule has 6 nitrogen and oxygen atoms in total. The highest BCUT2D eigenvalue weighted by Gasteiger charge is 2.31. The zero-order valence-electron chi connectivity index (χ0n) is 15.5. The summed E-state index contributed by atoms with van der Waals surface area (Å²) in [6.07, 6.45) is 3.65. The first kappa shape index (κ1) is 19.4. The molecule has 1 aliphatic heterocycles. The topological polar surface area (TPSA) is 77.5 Å². The maximum atomic E-state index is 12.2. The van der Waals surface area contributed by atoms with Crippen LogP contribution in [0.15, 0.2) is 18.3 Å². The number of methoxy groups -OCH3 is 1. The van der Waals surface area contributed by atoms with E-state index in [0.717, 1.165) is 12.0 Å². The third-order valence-corrected chi connectivity index (χ3v) is 4.38. The highest BCUT2D eigenvalue weighted by molar-refractivity contribution is 5.84. The summed E-state index contributed by atoms with van der Waals surface area (Å²) in [5.74, 6) is 0.696. The predicted molar refractivity (Wildman–Crippen MR) is 94.3 cm³/mol. The van der Waals surface area contributed by atoms with E-state index in [2.05, 4.69) is 10.3 Å². The normalized spacial score (nSPS) is 20.3. The van der Waals surface area contributed by atoms with Crippen molar-refractivity contribution >= 4 is 11.7 Å². The summed E-state index contributed by atoms with van der Waals surface area (Å²) >= 11 is 0. The smallest absolute Gasteiger partial charge is 0.220 e. The van der Waals surface area contributed by atoms with Gasteiger partial charge in [-0.2, -0.15) is 0 Å². The van der Waals surface area contributed by atoms with Crippen LogP contribution in [0, 0.1) is 5.41 Å². The number of nitrogens with one attached hydrogen (secondary N) is 1. The predicted octanol–water partition coefficient (Wildman–Crippen LogP) is 2.82. The van der Waals surface area contributed by atoms with E-state index >= 15 is 0 Å². The van der Waals surface area contributed by atoms with Gasteiger partial charge in [-0.1, -0.05) is 20.8 Å². The summed E-state index contributed by atoms with van der Waals surface area (Å²) in [7, 11) is 1.57. The molecule has 2 rings (SSSR count). The quantitative estimate of drug-likeness (QED) is 0.820. The second-order valence-corrected chi connectivity index (χ2v) is 7.41. The zero-order valence-corrected chi connectivity index (χ0v) is 15.5. The van der Waals surface area contributed by atoms with Crippen molar-refractivity contribution in [2.24, 2.45) is 5.41 Å². The fraction of sp³-hybridized carbons (Fsp3) is 0.632. The average Bonchev–Trinajstić information content (AvgIpc) is 3.02. The summed E-state index contributed by atoms with van der Waals surface area (Å²) < 4.78 is 10.8. The highest BCUT2D eigenvalue weighted by atomic mass is 16.5. The molecule has 6 heteroatoms. The van der Waals surface area contributed by atoms with Crippen molar-refractivity contribution in [2.75, 3.05) is 13.7 Å². The van der Waals surface area contributed by atoms with Crippen LogP contribution in [0.5, 0.6) is 5.88 Å². The summed E-state index contributed by atoms with van der Waals surface area (Å²) in [6, 6.07) is 3.62. The minimum Gasteiger partial charge on any atom is -0.481 e. The number of rotatable bonds is 7. The van der Waals surface area contributed by atoms with Crippen LogP contribution in [0.25, 0.3) is 0 Å². The van der Waals surface area contributed by atoms with Gasteiger partial charge in [0.15, 0.2) is 0 Å². The molecular weight excluding hydrogens is 320 g/mol. The minimum atomic E-state index is -0.345. The number of amides is 1. The Labute approximate surface area is 149 Å². The van der Waals surface area contributed by atoms with Crippen LogP contribution >= 0.6 is 0 Å². The highest BCUT2D eigenvalue weighted by Crippen LogP contribution is 2.29. The Morgan fingerprint density at radius 2 is 2.08 bits per heavy atom.